The summed E-state index contributed by atoms with van der Waals surface area (Å²) >= 11 is 0. The molecule has 0 amide bonds. The molecule has 0 aliphatic heterocycles. The predicted octanol–water partition coefficient (Wildman–Crippen LogP) is 8.18. The number of hydrogen-bond acceptors (Lipinski definition) is 2. The highest BCUT2D eigenvalue weighted by molar-refractivity contribution is 6.08. The first kappa shape index (κ1) is 22.0. The SMILES string of the molecule is O=C(CCCCCCCCC(=O)c1cccc2ccccc12)c1cccc2ccccc12. The molecule has 0 fully saturated rings. The van der Waals surface area contributed by atoms with E-state index in [1.165, 1.54) is 0 Å². The Morgan fingerprint density at radius 2 is 0.812 bits per heavy atom. The highest BCUT2D eigenvalue weighted by Gasteiger charge is 2.10. The van der Waals surface area contributed by atoms with E-state index in [0.29, 0.717) is 12.8 Å². The molecule has 0 N–H and O–H groups in total. The average Bonchev–Trinajstić information content (AvgIpc) is 2.84. The van der Waals surface area contributed by atoms with Crippen molar-refractivity contribution in [2.45, 2.75) is 51.4 Å². The van der Waals surface area contributed by atoms with E-state index in [4.69, 9.17) is 0 Å². The molecule has 0 aromatic heterocycles. The van der Waals surface area contributed by atoms with Crippen molar-refractivity contribution in [3.05, 3.63) is 96.1 Å². The van der Waals surface area contributed by atoms with E-state index >= 15 is 0 Å². The zero-order chi connectivity index (χ0) is 22.2. The summed E-state index contributed by atoms with van der Waals surface area (Å²) in [5.74, 6) is 0.477. The summed E-state index contributed by atoms with van der Waals surface area (Å²) < 4.78 is 0. The maximum atomic E-state index is 12.7. The zero-order valence-corrected chi connectivity index (χ0v) is 18.6. The van der Waals surface area contributed by atoms with Crippen LogP contribution in [0.1, 0.15) is 72.1 Å². The Balaban J connectivity index is 1.15. The summed E-state index contributed by atoms with van der Waals surface area (Å²) in [4.78, 5) is 25.3. The Kier molecular flexibility index (Phi) is 7.45. The molecule has 0 saturated carbocycles. The Labute approximate surface area is 190 Å². The van der Waals surface area contributed by atoms with Crippen LogP contribution in [0.2, 0.25) is 0 Å². The van der Waals surface area contributed by atoms with Crippen LogP contribution in [0.25, 0.3) is 21.5 Å². The van der Waals surface area contributed by atoms with Gasteiger partial charge in [-0.05, 0) is 34.4 Å². The molecule has 2 heteroatoms. The van der Waals surface area contributed by atoms with Gasteiger partial charge in [0.15, 0.2) is 11.6 Å². The van der Waals surface area contributed by atoms with Gasteiger partial charge in [0.05, 0.1) is 0 Å². The third-order valence-corrected chi connectivity index (χ3v) is 6.24. The fraction of sp³-hybridized carbons (Fsp3) is 0.267. The number of benzene rings is 4. The smallest absolute Gasteiger partial charge is 0.163 e. The van der Waals surface area contributed by atoms with Crippen molar-refractivity contribution in [1.29, 1.82) is 0 Å². The van der Waals surface area contributed by atoms with Crippen LogP contribution in [0.5, 0.6) is 0 Å². The molecule has 4 aromatic rings. The lowest BCUT2D eigenvalue weighted by atomic mass is 9.97. The molecule has 2 nitrogen and oxygen atoms in total. The number of fused-ring (bicyclic) bond motifs is 2. The topological polar surface area (TPSA) is 34.1 Å². The van der Waals surface area contributed by atoms with Gasteiger partial charge in [-0.3, -0.25) is 9.59 Å². The number of hydrogen-bond donors (Lipinski definition) is 0. The minimum Gasteiger partial charge on any atom is -0.294 e. The van der Waals surface area contributed by atoms with Gasteiger partial charge in [-0.2, -0.15) is 0 Å². The number of unbranched alkanes of at least 4 members (excludes halogenated alkanes) is 5. The monoisotopic (exact) mass is 422 g/mol. The molecule has 0 bridgehead atoms. The molecule has 0 atom stereocenters. The summed E-state index contributed by atoms with van der Waals surface area (Å²) in [5, 5.41) is 4.35. The lowest BCUT2D eigenvalue weighted by molar-refractivity contribution is 0.0971. The molecular formula is C30H30O2. The molecular weight excluding hydrogens is 392 g/mol. The molecule has 162 valence electrons. The van der Waals surface area contributed by atoms with Crippen molar-refractivity contribution in [3.63, 3.8) is 0 Å². The van der Waals surface area contributed by atoms with Gasteiger partial charge >= 0.3 is 0 Å². The Bertz CT molecular complexity index is 1110. The van der Waals surface area contributed by atoms with Crippen LogP contribution in [0.4, 0.5) is 0 Å². The quantitative estimate of drug-likeness (QED) is 0.180. The van der Waals surface area contributed by atoms with Crippen LogP contribution in [0.3, 0.4) is 0 Å². The van der Waals surface area contributed by atoms with Gasteiger partial charge in [-0.15, -0.1) is 0 Å². The summed E-state index contributed by atoms with van der Waals surface area (Å²) in [6.07, 6.45) is 7.42. The fourth-order valence-electron chi connectivity index (χ4n) is 4.48. The van der Waals surface area contributed by atoms with Crippen LogP contribution >= 0.6 is 0 Å². The summed E-state index contributed by atoms with van der Waals surface area (Å²) in [6, 6.07) is 28.1. The van der Waals surface area contributed by atoms with Crippen LogP contribution in [-0.2, 0) is 0 Å². The number of rotatable bonds is 11. The van der Waals surface area contributed by atoms with Crippen molar-refractivity contribution in [3.8, 4) is 0 Å². The van der Waals surface area contributed by atoms with Crippen LogP contribution < -0.4 is 0 Å². The number of carbonyl (C=O) groups is 2. The van der Waals surface area contributed by atoms with Crippen LogP contribution in [0, 0.1) is 0 Å². The second-order valence-corrected chi connectivity index (χ2v) is 8.52. The highest BCUT2D eigenvalue weighted by atomic mass is 16.1. The molecule has 0 aliphatic carbocycles. The molecule has 0 aliphatic rings. The maximum absolute atomic E-state index is 12.7. The number of Topliss-reactive ketones (excluding diaryl/α,β-unsaturated/α-hetero) is 2. The van der Waals surface area contributed by atoms with E-state index in [-0.39, 0.29) is 11.6 Å². The number of carbonyl (C=O) groups excluding carboxylic acids is 2. The van der Waals surface area contributed by atoms with Crippen molar-refractivity contribution in [2.75, 3.05) is 0 Å². The van der Waals surface area contributed by atoms with E-state index in [1.807, 2.05) is 60.7 Å². The third kappa shape index (κ3) is 5.31. The van der Waals surface area contributed by atoms with Crippen LogP contribution in [0.15, 0.2) is 84.9 Å². The first-order valence-electron chi connectivity index (χ1n) is 11.8. The maximum Gasteiger partial charge on any atom is 0.163 e. The van der Waals surface area contributed by atoms with E-state index in [0.717, 1.165) is 71.2 Å². The molecule has 0 spiro atoms. The van der Waals surface area contributed by atoms with Crippen molar-refractivity contribution in [2.24, 2.45) is 0 Å². The van der Waals surface area contributed by atoms with E-state index in [1.54, 1.807) is 0 Å². The summed E-state index contributed by atoms with van der Waals surface area (Å²) in [7, 11) is 0. The van der Waals surface area contributed by atoms with Gasteiger partial charge in [0.2, 0.25) is 0 Å². The Morgan fingerprint density at radius 1 is 0.438 bits per heavy atom. The largest absolute Gasteiger partial charge is 0.294 e. The second kappa shape index (κ2) is 10.9. The summed E-state index contributed by atoms with van der Waals surface area (Å²) in [5.41, 5.74) is 1.69. The molecule has 32 heavy (non-hydrogen) atoms. The third-order valence-electron chi connectivity index (χ3n) is 6.24. The van der Waals surface area contributed by atoms with Crippen LogP contribution in [-0.4, -0.2) is 11.6 Å². The van der Waals surface area contributed by atoms with Crippen molar-refractivity contribution < 1.29 is 9.59 Å². The highest BCUT2D eigenvalue weighted by Crippen LogP contribution is 2.22. The van der Waals surface area contributed by atoms with Gasteiger partial charge in [-0.25, -0.2) is 0 Å². The molecule has 4 rings (SSSR count). The van der Waals surface area contributed by atoms with Gasteiger partial charge in [-0.1, -0.05) is 111 Å². The normalized spacial score (nSPS) is 11.1. The van der Waals surface area contributed by atoms with E-state index < -0.39 is 0 Å². The molecule has 0 saturated heterocycles. The molecule has 0 unspecified atom stereocenters. The molecule has 0 radical (unpaired) electrons. The molecule has 0 heterocycles. The predicted molar refractivity (Wildman–Crippen MR) is 133 cm³/mol. The van der Waals surface area contributed by atoms with E-state index in [2.05, 4.69) is 24.3 Å². The standard InChI is InChI=1S/C30H30O2/c31-29(27-19-11-15-23-13-7-9-17-25(23)27)21-5-3-1-2-4-6-22-30(32)28-20-12-16-24-14-8-10-18-26(24)28/h7-20H,1-6,21-22H2. The van der Waals surface area contributed by atoms with E-state index in [9.17, 15) is 9.59 Å². The first-order chi connectivity index (χ1) is 15.7. The number of ketones is 2. The summed E-state index contributed by atoms with van der Waals surface area (Å²) in [6.45, 7) is 0. The fourth-order valence-corrected chi connectivity index (χ4v) is 4.48. The minimum atomic E-state index is 0.238. The lowest BCUT2D eigenvalue weighted by Gasteiger charge is -2.07. The van der Waals surface area contributed by atoms with Crippen molar-refractivity contribution in [1.82, 2.24) is 0 Å². The average molecular weight is 423 g/mol. The van der Waals surface area contributed by atoms with Gasteiger partial charge < -0.3 is 0 Å². The second-order valence-electron chi connectivity index (χ2n) is 8.52. The zero-order valence-electron chi connectivity index (χ0n) is 18.6. The molecule has 4 aromatic carbocycles. The van der Waals surface area contributed by atoms with Gasteiger partial charge in [0, 0.05) is 24.0 Å². The first-order valence-corrected chi connectivity index (χ1v) is 11.8. The lowest BCUT2D eigenvalue weighted by Crippen LogP contribution is -2.00. The van der Waals surface area contributed by atoms with Gasteiger partial charge in [0.25, 0.3) is 0 Å². The Hall–Kier alpha value is -3.26. The van der Waals surface area contributed by atoms with Crippen molar-refractivity contribution >= 4 is 33.1 Å². The minimum absolute atomic E-state index is 0.238. The van der Waals surface area contributed by atoms with Gasteiger partial charge in [0.1, 0.15) is 0 Å². The Morgan fingerprint density at radius 3 is 1.28 bits per heavy atom.